The maximum absolute atomic E-state index is 11.0. The van der Waals surface area contributed by atoms with E-state index in [2.05, 4.69) is 10.2 Å². The minimum atomic E-state index is -0.484. The van der Waals surface area contributed by atoms with Gasteiger partial charge in [-0.3, -0.25) is 19.8 Å². The fourth-order valence-electron chi connectivity index (χ4n) is 2.51. The van der Waals surface area contributed by atoms with Crippen LogP contribution >= 0.6 is 0 Å². The quantitative estimate of drug-likeness (QED) is 0.484. The van der Waals surface area contributed by atoms with Crippen molar-refractivity contribution in [2.45, 2.75) is 25.9 Å². The van der Waals surface area contributed by atoms with E-state index in [4.69, 9.17) is 5.73 Å². The first kappa shape index (κ1) is 14.3. The summed E-state index contributed by atoms with van der Waals surface area (Å²) >= 11 is 0. The molecule has 1 amide bonds. The van der Waals surface area contributed by atoms with Gasteiger partial charge in [-0.2, -0.15) is 0 Å². The minimum absolute atomic E-state index is 0.0172. The van der Waals surface area contributed by atoms with E-state index in [1.54, 1.807) is 12.1 Å². The second-order valence-electron chi connectivity index (χ2n) is 5.07. The molecule has 1 fully saturated rings. The molecule has 1 aromatic carbocycles. The average Bonchev–Trinajstić information content (AvgIpc) is 2.75. The molecule has 20 heavy (non-hydrogen) atoms. The number of hydrogen-bond acceptors (Lipinski definition) is 5. The number of nitrogens with two attached hydrogens (primary N) is 1. The molecule has 7 heteroatoms. The number of carbonyl (C=O) groups excluding carboxylic acids is 1. The summed E-state index contributed by atoms with van der Waals surface area (Å²) in [6, 6.07) is 4.98. The Bertz CT molecular complexity index is 532. The summed E-state index contributed by atoms with van der Waals surface area (Å²) in [6.07, 6.45) is 0.919. The lowest BCUT2D eigenvalue weighted by Crippen LogP contribution is -2.35. The highest BCUT2D eigenvalue weighted by molar-refractivity contribution is 5.73. The smallest absolute Gasteiger partial charge is 0.292 e. The second-order valence-corrected chi connectivity index (χ2v) is 5.07. The number of nitrogens with one attached hydrogen (secondary N) is 1. The van der Waals surface area contributed by atoms with Gasteiger partial charge in [-0.05, 0) is 18.1 Å². The van der Waals surface area contributed by atoms with Crippen LogP contribution in [0.3, 0.4) is 0 Å². The lowest BCUT2D eigenvalue weighted by molar-refractivity contribution is -0.383. The third kappa shape index (κ3) is 3.45. The van der Waals surface area contributed by atoms with Crippen LogP contribution in [0.5, 0.6) is 0 Å². The van der Waals surface area contributed by atoms with Crippen LogP contribution in [0.1, 0.15) is 18.9 Å². The Morgan fingerprint density at radius 1 is 1.60 bits per heavy atom. The largest absolute Gasteiger partial charge is 0.393 e. The predicted molar refractivity (Wildman–Crippen MR) is 75.0 cm³/mol. The fraction of sp³-hybridized carbons (Fsp3) is 0.462. The summed E-state index contributed by atoms with van der Waals surface area (Å²) in [7, 11) is 0. The zero-order valence-corrected chi connectivity index (χ0v) is 11.3. The Kier molecular flexibility index (Phi) is 4.19. The highest BCUT2D eigenvalue weighted by Crippen LogP contribution is 2.23. The molecule has 0 radical (unpaired) electrons. The van der Waals surface area contributed by atoms with Gasteiger partial charge in [0.1, 0.15) is 5.69 Å². The summed E-state index contributed by atoms with van der Waals surface area (Å²) < 4.78 is 0. The van der Waals surface area contributed by atoms with E-state index in [9.17, 15) is 14.9 Å². The molecule has 0 bridgehead atoms. The molecule has 2 rings (SSSR count). The van der Waals surface area contributed by atoms with E-state index < -0.39 is 4.92 Å². The maximum Gasteiger partial charge on any atom is 0.292 e. The Morgan fingerprint density at radius 3 is 2.95 bits per heavy atom. The van der Waals surface area contributed by atoms with Gasteiger partial charge in [-0.15, -0.1) is 0 Å². The topological polar surface area (TPSA) is 102 Å². The van der Waals surface area contributed by atoms with E-state index in [-0.39, 0.29) is 23.3 Å². The third-order valence-corrected chi connectivity index (χ3v) is 3.37. The van der Waals surface area contributed by atoms with Crippen LogP contribution in [0.4, 0.5) is 11.4 Å². The monoisotopic (exact) mass is 278 g/mol. The SMILES string of the molecule is CC(=O)NC1CCN(Cc2ccc([N+](=O)[O-])c(N)c2)C1. The second kappa shape index (κ2) is 5.87. The van der Waals surface area contributed by atoms with Crippen LogP contribution in [-0.4, -0.2) is 34.9 Å². The summed E-state index contributed by atoms with van der Waals surface area (Å²) in [5.74, 6) is -0.0172. The first-order chi connectivity index (χ1) is 9.45. The predicted octanol–water partition coefficient (Wildman–Crippen LogP) is 0.887. The molecular formula is C13H18N4O3. The number of nitro groups is 1. The normalized spacial score (nSPS) is 18.9. The van der Waals surface area contributed by atoms with Crippen LogP contribution in [0, 0.1) is 10.1 Å². The highest BCUT2D eigenvalue weighted by atomic mass is 16.6. The zero-order chi connectivity index (χ0) is 14.7. The van der Waals surface area contributed by atoms with Crippen molar-refractivity contribution in [3.05, 3.63) is 33.9 Å². The summed E-state index contributed by atoms with van der Waals surface area (Å²) in [6.45, 7) is 3.87. The third-order valence-electron chi connectivity index (χ3n) is 3.37. The molecular weight excluding hydrogens is 260 g/mol. The Hall–Kier alpha value is -2.15. The zero-order valence-electron chi connectivity index (χ0n) is 11.3. The number of nitrogens with zero attached hydrogens (tertiary/aromatic N) is 2. The molecule has 3 N–H and O–H groups in total. The maximum atomic E-state index is 11.0. The highest BCUT2D eigenvalue weighted by Gasteiger charge is 2.23. The van der Waals surface area contributed by atoms with Gasteiger partial charge < -0.3 is 11.1 Å². The minimum Gasteiger partial charge on any atom is -0.393 e. The van der Waals surface area contributed by atoms with Gasteiger partial charge in [0.2, 0.25) is 5.91 Å². The van der Waals surface area contributed by atoms with Gasteiger partial charge in [-0.25, -0.2) is 0 Å². The van der Waals surface area contributed by atoms with Crippen molar-refractivity contribution < 1.29 is 9.72 Å². The molecule has 108 valence electrons. The molecule has 0 spiro atoms. The lowest BCUT2D eigenvalue weighted by atomic mass is 10.1. The molecule has 7 nitrogen and oxygen atoms in total. The van der Waals surface area contributed by atoms with Crippen LogP contribution < -0.4 is 11.1 Å². The molecule has 0 saturated carbocycles. The molecule has 0 aliphatic carbocycles. The van der Waals surface area contributed by atoms with E-state index in [0.29, 0.717) is 6.54 Å². The molecule has 1 aliphatic rings. The van der Waals surface area contributed by atoms with Crippen molar-refractivity contribution >= 4 is 17.3 Å². The first-order valence-corrected chi connectivity index (χ1v) is 6.48. The van der Waals surface area contributed by atoms with Crippen molar-refractivity contribution in [3.63, 3.8) is 0 Å². The Morgan fingerprint density at radius 2 is 2.35 bits per heavy atom. The van der Waals surface area contributed by atoms with Gasteiger partial charge in [0, 0.05) is 38.7 Å². The van der Waals surface area contributed by atoms with Gasteiger partial charge in [0.25, 0.3) is 5.69 Å². The molecule has 1 atom stereocenters. The summed E-state index contributed by atoms with van der Waals surface area (Å²) in [5.41, 5.74) is 6.74. The number of nitrogen functional groups attached to an aromatic ring is 1. The van der Waals surface area contributed by atoms with E-state index in [1.807, 2.05) is 0 Å². The molecule has 0 aromatic heterocycles. The fourth-order valence-corrected chi connectivity index (χ4v) is 2.51. The standard InChI is InChI=1S/C13H18N4O3/c1-9(18)15-11-4-5-16(8-11)7-10-2-3-13(17(19)20)12(14)6-10/h2-3,6,11H,4-5,7-8,14H2,1H3,(H,15,18). The Labute approximate surface area is 116 Å². The van der Waals surface area contributed by atoms with Crippen LogP contribution in [-0.2, 0) is 11.3 Å². The van der Waals surface area contributed by atoms with Crippen molar-refractivity contribution in [1.29, 1.82) is 0 Å². The van der Waals surface area contributed by atoms with Crippen LogP contribution in [0.15, 0.2) is 18.2 Å². The average molecular weight is 278 g/mol. The number of anilines is 1. The van der Waals surface area contributed by atoms with Crippen molar-refractivity contribution in [2.75, 3.05) is 18.8 Å². The van der Waals surface area contributed by atoms with Crippen LogP contribution in [0.25, 0.3) is 0 Å². The number of rotatable bonds is 4. The van der Waals surface area contributed by atoms with E-state index in [0.717, 1.165) is 25.1 Å². The van der Waals surface area contributed by atoms with Crippen molar-refractivity contribution in [1.82, 2.24) is 10.2 Å². The molecule has 1 aliphatic heterocycles. The number of hydrogen-bond donors (Lipinski definition) is 2. The van der Waals surface area contributed by atoms with Gasteiger partial charge >= 0.3 is 0 Å². The number of nitro benzene ring substituents is 1. The molecule has 1 saturated heterocycles. The van der Waals surface area contributed by atoms with E-state index in [1.165, 1.54) is 13.0 Å². The van der Waals surface area contributed by atoms with Crippen molar-refractivity contribution in [2.24, 2.45) is 0 Å². The molecule has 1 aromatic rings. The van der Waals surface area contributed by atoms with Crippen molar-refractivity contribution in [3.8, 4) is 0 Å². The number of benzene rings is 1. The van der Waals surface area contributed by atoms with Crippen LogP contribution in [0.2, 0.25) is 0 Å². The Balaban J connectivity index is 1.96. The summed E-state index contributed by atoms with van der Waals surface area (Å²) in [4.78, 5) is 23.4. The van der Waals surface area contributed by atoms with E-state index >= 15 is 0 Å². The van der Waals surface area contributed by atoms with Gasteiger partial charge in [0.05, 0.1) is 4.92 Å². The number of carbonyl (C=O) groups is 1. The molecule has 1 heterocycles. The lowest BCUT2D eigenvalue weighted by Gasteiger charge is -2.16. The summed E-state index contributed by atoms with van der Waals surface area (Å²) in [5, 5.41) is 13.6. The first-order valence-electron chi connectivity index (χ1n) is 6.48. The van der Waals surface area contributed by atoms with Gasteiger partial charge in [-0.1, -0.05) is 6.07 Å². The van der Waals surface area contributed by atoms with Gasteiger partial charge in [0.15, 0.2) is 0 Å². The number of likely N-dealkylation sites (tertiary alicyclic amines) is 1. The molecule has 1 unspecified atom stereocenters. The number of amides is 1.